The Hall–Kier alpha value is -1.23. The molecule has 0 aromatic heterocycles. The predicted molar refractivity (Wildman–Crippen MR) is 59.1 cm³/mol. The normalized spacial score (nSPS) is 17.0. The Balaban J connectivity index is 2.41. The van der Waals surface area contributed by atoms with E-state index in [4.69, 9.17) is 10.5 Å². The van der Waals surface area contributed by atoms with Crippen molar-refractivity contribution in [3.05, 3.63) is 0 Å². The third kappa shape index (κ3) is 2.88. The molecule has 3 N–H and O–H groups in total. The maximum Gasteiger partial charge on any atom is 0.232 e. The van der Waals surface area contributed by atoms with Crippen molar-refractivity contribution in [3.8, 4) is 0 Å². The summed E-state index contributed by atoms with van der Waals surface area (Å²) in [5.41, 5.74) is -0.248. The molecule has 0 radical (unpaired) electrons. The molecule has 0 bridgehead atoms. The molecule has 0 atom stereocenters. The van der Waals surface area contributed by atoms with Crippen molar-refractivity contribution in [1.82, 2.24) is 5.32 Å². The van der Waals surface area contributed by atoms with E-state index in [-0.39, 0.29) is 30.6 Å². The van der Waals surface area contributed by atoms with Gasteiger partial charge in [0.2, 0.25) is 11.8 Å². The second-order valence-electron chi connectivity index (χ2n) is 4.66. The molecular formula is C11H18N2O3. The van der Waals surface area contributed by atoms with Crippen LogP contribution in [0.4, 0.5) is 0 Å². The maximum atomic E-state index is 11.4. The largest absolute Gasteiger partial charge is 0.395 e. The van der Waals surface area contributed by atoms with Crippen molar-refractivity contribution in [2.24, 2.45) is 11.3 Å². The number of aliphatic hydroxyl groups excluding tert-OH is 1. The number of hydrogen-bond acceptors (Lipinski definition) is 4. The Morgan fingerprint density at radius 2 is 2.00 bits per heavy atom. The zero-order valence-corrected chi connectivity index (χ0v) is 9.67. The van der Waals surface area contributed by atoms with Crippen LogP contribution in [-0.4, -0.2) is 29.2 Å². The summed E-state index contributed by atoms with van der Waals surface area (Å²) < 4.78 is 0. The number of rotatable bonds is 5. The number of nitrogens with one attached hydrogen (secondary N) is 2. The summed E-state index contributed by atoms with van der Waals surface area (Å²) in [6, 6.07) is 0. The Bertz CT molecular complexity index is 319. The first-order valence-electron chi connectivity index (χ1n) is 5.44. The highest BCUT2D eigenvalue weighted by Crippen LogP contribution is 2.46. The molecule has 1 rings (SSSR count). The van der Waals surface area contributed by atoms with Crippen molar-refractivity contribution in [3.63, 3.8) is 0 Å². The van der Waals surface area contributed by atoms with Gasteiger partial charge in [0.05, 0.1) is 13.0 Å². The number of amides is 2. The topological polar surface area (TPSA) is 90.3 Å². The highest BCUT2D eigenvalue weighted by molar-refractivity contribution is 6.08. The lowest BCUT2D eigenvalue weighted by Crippen LogP contribution is -2.36. The van der Waals surface area contributed by atoms with Crippen LogP contribution in [0.3, 0.4) is 0 Å². The first-order valence-corrected chi connectivity index (χ1v) is 5.44. The Morgan fingerprint density at radius 3 is 2.38 bits per heavy atom. The fourth-order valence-electron chi connectivity index (χ4n) is 1.38. The van der Waals surface area contributed by atoms with E-state index >= 15 is 0 Å². The van der Waals surface area contributed by atoms with E-state index in [9.17, 15) is 9.59 Å². The van der Waals surface area contributed by atoms with Gasteiger partial charge in [-0.25, -0.2) is 0 Å². The molecule has 0 heterocycles. The molecule has 1 aliphatic rings. The molecule has 1 aliphatic carbocycles. The van der Waals surface area contributed by atoms with Crippen molar-refractivity contribution in [2.45, 2.75) is 33.1 Å². The summed E-state index contributed by atoms with van der Waals surface area (Å²) in [5.74, 6) is -1.03. The number of imide groups is 1. The zero-order valence-electron chi connectivity index (χ0n) is 9.67. The minimum absolute atomic E-state index is 0.0861. The van der Waals surface area contributed by atoms with E-state index in [2.05, 4.69) is 5.32 Å². The Kier molecular flexibility index (Phi) is 3.80. The minimum atomic E-state index is -0.474. The third-order valence-electron chi connectivity index (χ3n) is 2.92. The predicted octanol–water partition coefficient (Wildman–Crippen LogP) is 0.468. The summed E-state index contributed by atoms with van der Waals surface area (Å²) in [7, 11) is 0. The van der Waals surface area contributed by atoms with Crippen molar-refractivity contribution in [2.75, 3.05) is 6.61 Å². The second kappa shape index (κ2) is 4.74. The molecule has 0 saturated heterocycles. The third-order valence-corrected chi connectivity index (χ3v) is 2.92. The lowest BCUT2D eigenvalue weighted by Gasteiger charge is -2.13. The van der Waals surface area contributed by atoms with Crippen LogP contribution in [0.15, 0.2) is 0 Å². The van der Waals surface area contributed by atoms with Crippen LogP contribution in [0, 0.1) is 16.7 Å². The summed E-state index contributed by atoms with van der Waals surface area (Å²) in [4.78, 5) is 22.6. The molecule has 0 unspecified atom stereocenters. The van der Waals surface area contributed by atoms with Crippen LogP contribution >= 0.6 is 0 Å². The monoisotopic (exact) mass is 226 g/mol. The van der Waals surface area contributed by atoms with E-state index in [1.165, 1.54) is 0 Å². The SMILES string of the molecule is CC(C)C(=O)NC(=O)CC(=N)C1(CO)CC1. The van der Waals surface area contributed by atoms with Crippen LogP contribution in [0.1, 0.15) is 33.1 Å². The van der Waals surface area contributed by atoms with Gasteiger partial charge in [0.25, 0.3) is 0 Å². The van der Waals surface area contributed by atoms with Gasteiger partial charge in [0.1, 0.15) is 0 Å². The summed E-state index contributed by atoms with van der Waals surface area (Å²) >= 11 is 0. The van der Waals surface area contributed by atoms with Crippen LogP contribution < -0.4 is 5.32 Å². The van der Waals surface area contributed by atoms with Gasteiger partial charge < -0.3 is 10.5 Å². The van der Waals surface area contributed by atoms with Gasteiger partial charge in [-0.2, -0.15) is 0 Å². The van der Waals surface area contributed by atoms with Gasteiger partial charge in [-0.3, -0.25) is 14.9 Å². The van der Waals surface area contributed by atoms with Gasteiger partial charge in [-0.15, -0.1) is 0 Å². The van der Waals surface area contributed by atoms with Crippen LogP contribution in [-0.2, 0) is 9.59 Å². The fraction of sp³-hybridized carbons (Fsp3) is 0.727. The molecule has 1 fully saturated rings. The summed E-state index contributed by atoms with van der Waals surface area (Å²) in [6.07, 6.45) is 1.42. The molecule has 1 saturated carbocycles. The fourth-order valence-corrected chi connectivity index (χ4v) is 1.38. The summed E-state index contributed by atoms with van der Waals surface area (Å²) in [6.45, 7) is 3.31. The van der Waals surface area contributed by atoms with Crippen LogP contribution in [0.5, 0.6) is 0 Å². The molecule has 0 spiro atoms. The summed E-state index contributed by atoms with van der Waals surface area (Å²) in [5, 5.41) is 19.0. The number of carbonyl (C=O) groups excluding carboxylic acids is 2. The smallest absolute Gasteiger partial charge is 0.232 e. The highest BCUT2D eigenvalue weighted by Gasteiger charge is 2.46. The average molecular weight is 226 g/mol. The van der Waals surface area contributed by atoms with E-state index < -0.39 is 11.3 Å². The molecule has 5 nitrogen and oxygen atoms in total. The quantitative estimate of drug-likeness (QED) is 0.595. The maximum absolute atomic E-state index is 11.4. The Morgan fingerprint density at radius 1 is 1.44 bits per heavy atom. The lowest BCUT2D eigenvalue weighted by molar-refractivity contribution is -0.131. The standard InChI is InChI=1S/C11H18N2O3/c1-7(2)10(16)13-9(15)5-8(12)11(6-14)3-4-11/h7,12,14H,3-6H2,1-2H3,(H,13,15,16). The first-order chi connectivity index (χ1) is 7.41. The van der Waals surface area contributed by atoms with Gasteiger partial charge in [0, 0.05) is 17.0 Å². The average Bonchev–Trinajstić information content (AvgIpc) is 2.97. The lowest BCUT2D eigenvalue weighted by atomic mass is 9.98. The molecule has 16 heavy (non-hydrogen) atoms. The van der Waals surface area contributed by atoms with Gasteiger partial charge in [-0.05, 0) is 12.8 Å². The Labute approximate surface area is 94.7 Å². The van der Waals surface area contributed by atoms with Gasteiger partial charge in [0.15, 0.2) is 0 Å². The van der Waals surface area contributed by atoms with Crippen molar-refractivity contribution < 1.29 is 14.7 Å². The minimum Gasteiger partial charge on any atom is -0.395 e. The molecule has 0 aromatic carbocycles. The molecule has 5 heteroatoms. The molecule has 2 amide bonds. The van der Waals surface area contributed by atoms with Gasteiger partial charge >= 0.3 is 0 Å². The van der Waals surface area contributed by atoms with Gasteiger partial charge in [-0.1, -0.05) is 13.8 Å². The number of hydrogen-bond donors (Lipinski definition) is 3. The van der Waals surface area contributed by atoms with Crippen molar-refractivity contribution >= 4 is 17.5 Å². The van der Waals surface area contributed by atoms with Crippen LogP contribution in [0.2, 0.25) is 0 Å². The van der Waals surface area contributed by atoms with E-state index in [0.717, 1.165) is 12.8 Å². The second-order valence-corrected chi connectivity index (χ2v) is 4.66. The molecule has 0 aromatic rings. The first kappa shape index (κ1) is 12.8. The van der Waals surface area contributed by atoms with Crippen molar-refractivity contribution in [1.29, 1.82) is 5.41 Å². The highest BCUT2D eigenvalue weighted by atomic mass is 16.3. The van der Waals surface area contributed by atoms with Crippen LogP contribution in [0.25, 0.3) is 0 Å². The number of carbonyl (C=O) groups is 2. The van der Waals surface area contributed by atoms with E-state index in [0.29, 0.717) is 0 Å². The molecule has 90 valence electrons. The number of aliphatic hydroxyl groups is 1. The molecular weight excluding hydrogens is 208 g/mol. The van der Waals surface area contributed by atoms with E-state index in [1.807, 2.05) is 0 Å². The zero-order chi connectivity index (χ0) is 12.3. The van der Waals surface area contributed by atoms with E-state index in [1.54, 1.807) is 13.8 Å². The molecule has 0 aliphatic heterocycles.